The number of benzene rings is 1. The molecule has 1 amide bonds. The van der Waals surface area contributed by atoms with E-state index in [1.807, 2.05) is 0 Å². The van der Waals surface area contributed by atoms with Gasteiger partial charge in [0.15, 0.2) is 5.69 Å². The molecule has 0 atom stereocenters. The minimum atomic E-state index is -0.577. The molecule has 0 aromatic heterocycles. The van der Waals surface area contributed by atoms with Crippen LogP contribution >= 0.6 is 0 Å². The maximum absolute atomic E-state index is 11.7. The van der Waals surface area contributed by atoms with Crippen LogP contribution in [-0.2, 0) is 4.74 Å². The highest BCUT2D eigenvalue weighted by Crippen LogP contribution is 2.35. The van der Waals surface area contributed by atoms with Gasteiger partial charge in [0.2, 0.25) is 0 Å². The van der Waals surface area contributed by atoms with Gasteiger partial charge in [-0.1, -0.05) is 18.6 Å². The molecule has 2 N–H and O–H groups in total. The Morgan fingerprint density at radius 1 is 1.18 bits per heavy atom. The summed E-state index contributed by atoms with van der Waals surface area (Å²) in [6, 6.07) is 2.74. The standard InChI is InChI=1S/C24H36N4O6/c1-24(2,3)34-23(30)26-11-6-5-10-25-22-20(28(31)32)16-19(18-29)17-21(22)33-15-9-14-27-12-7-4-8-13-27/h5-6,16-18,25H,4,7-15H2,1-3H3,(H,26,30)/b6-5+. The molecule has 34 heavy (non-hydrogen) atoms. The molecule has 1 aromatic carbocycles. The molecule has 1 saturated heterocycles. The third-order valence-electron chi connectivity index (χ3n) is 5.09. The van der Waals surface area contributed by atoms with E-state index >= 15 is 0 Å². The van der Waals surface area contributed by atoms with Crippen molar-refractivity contribution in [2.45, 2.75) is 52.1 Å². The number of ether oxygens (including phenoxy) is 2. The maximum Gasteiger partial charge on any atom is 0.407 e. The van der Waals surface area contributed by atoms with Crippen LogP contribution in [0.15, 0.2) is 24.3 Å². The van der Waals surface area contributed by atoms with Crippen LogP contribution in [0.1, 0.15) is 56.8 Å². The first-order valence-corrected chi connectivity index (χ1v) is 11.7. The molecule has 1 aromatic rings. The zero-order valence-corrected chi connectivity index (χ0v) is 20.3. The molecule has 0 aliphatic carbocycles. The second kappa shape index (κ2) is 13.5. The van der Waals surface area contributed by atoms with Crippen LogP contribution < -0.4 is 15.4 Å². The van der Waals surface area contributed by atoms with Crippen molar-refractivity contribution in [1.29, 1.82) is 0 Å². The largest absolute Gasteiger partial charge is 0.491 e. The van der Waals surface area contributed by atoms with E-state index in [1.54, 1.807) is 32.9 Å². The zero-order chi connectivity index (χ0) is 25.0. The zero-order valence-electron chi connectivity index (χ0n) is 20.3. The van der Waals surface area contributed by atoms with Crippen LogP contribution in [0.5, 0.6) is 5.75 Å². The van der Waals surface area contributed by atoms with Crippen LogP contribution in [0.3, 0.4) is 0 Å². The number of nitrogens with one attached hydrogen (secondary N) is 2. The number of alkyl carbamates (subject to hydrolysis) is 1. The normalized spacial score (nSPS) is 14.6. The molecule has 0 bridgehead atoms. The molecule has 0 saturated carbocycles. The maximum atomic E-state index is 11.7. The molecule has 1 aliphatic rings. The van der Waals surface area contributed by atoms with Crippen LogP contribution in [0.25, 0.3) is 0 Å². The number of rotatable bonds is 12. The number of amides is 1. The summed E-state index contributed by atoms with van der Waals surface area (Å²) in [4.78, 5) is 36.4. The summed E-state index contributed by atoms with van der Waals surface area (Å²) >= 11 is 0. The Morgan fingerprint density at radius 2 is 1.88 bits per heavy atom. The molecule has 0 radical (unpaired) electrons. The molecule has 1 heterocycles. The molecule has 10 nitrogen and oxygen atoms in total. The number of piperidine rings is 1. The van der Waals surface area contributed by atoms with E-state index in [9.17, 15) is 19.7 Å². The summed E-state index contributed by atoms with van der Waals surface area (Å²) in [7, 11) is 0. The van der Waals surface area contributed by atoms with Crippen molar-refractivity contribution < 1.29 is 24.0 Å². The Kier molecular flexibility index (Phi) is 10.8. The number of nitrogens with zero attached hydrogens (tertiary/aromatic N) is 2. The van der Waals surface area contributed by atoms with Crippen molar-refractivity contribution in [2.75, 3.05) is 44.6 Å². The first kappa shape index (κ1) is 27.1. The highest BCUT2D eigenvalue weighted by Gasteiger charge is 2.21. The number of carbonyl (C=O) groups excluding carboxylic acids is 2. The van der Waals surface area contributed by atoms with E-state index in [1.165, 1.54) is 31.4 Å². The summed E-state index contributed by atoms with van der Waals surface area (Å²) in [5.74, 6) is 0.273. The Hall–Kier alpha value is -3.14. The molecule has 1 aliphatic heterocycles. The van der Waals surface area contributed by atoms with Crippen molar-refractivity contribution in [1.82, 2.24) is 10.2 Å². The van der Waals surface area contributed by atoms with Crippen LogP contribution in [0.4, 0.5) is 16.2 Å². The van der Waals surface area contributed by atoms with Gasteiger partial charge in [-0.3, -0.25) is 14.9 Å². The fourth-order valence-electron chi connectivity index (χ4n) is 3.56. The minimum Gasteiger partial charge on any atom is -0.491 e. The molecular formula is C24H36N4O6. The van der Waals surface area contributed by atoms with Crippen LogP contribution in [-0.4, -0.2) is 67.1 Å². The van der Waals surface area contributed by atoms with E-state index in [2.05, 4.69) is 15.5 Å². The lowest BCUT2D eigenvalue weighted by Gasteiger charge is -2.26. The van der Waals surface area contributed by atoms with Crippen molar-refractivity contribution >= 4 is 23.8 Å². The predicted octanol–water partition coefficient (Wildman–Crippen LogP) is 4.15. The van der Waals surface area contributed by atoms with Crippen molar-refractivity contribution in [3.8, 4) is 5.75 Å². The number of likely N-dealkylation sites (tertiary alicyclic amines) is 1. The Morgan fingerprint density at radius 3 is 2.53 bits per heavy atom. The number of nitro groups is 1. The summed E-state index contributed by atoms with van der Waals surface area (Å²) in [5, 5.41) is 17.2. The van der Waals surface area contributed by atoms with Gasteiger partial charge in [-0.15, -0.1) is 0 Å². The Bertz CT molecular complexity index is 860. The van der Waals surface area contributed by atoms with Gasteiger partial charge in [0.1, 0.15) is 17.6 Å². The summed E-state index contributed by atoms with van der Waals surface area (Å²) < 4.78 is 11.0. The molecule has 1 fully saturated rings. The SMILES string of the molecule is CC(C)(C)OC(=O)NC/C=C/CNc1c(OCCCN2CCCCC2)cc(C=O)cc1[N+](=O)[O-]. The highest BCUT2D eigenvalue weighted by atomic mass is 16.6. The van der Waals surface area contributed by atoms with Gasteiger partial charge in [0, 0.05) is 31.3 Å². The van der Waals surface area contributed by atoms with E-state index in [0.717, 1.165) is 26.1 Å². The second-order valence-electron chi connectivity index (χ2n) is 9.13. The molecule has 188 valence electrons. The summed E-state index contributed by atoms with van der Waals surface area (Å²) in [5.41, 5.74) is -0.402. The van der Waals surface area contributed by atoms with Crippen molar-refractivity contribution in [3.05, 3.63) is 40.0 Å². The first-order chi connectivity index (χ1) is 16.2. The van der Waals surface area contributed by atoms with Crippen molar-refractivity contribution in [2.24, 2.45) is 0 Å². The summed E-state index contributed by atoms with van der Waals surface area (Å²) in [6.07, 6.45) is 7.97. The van der Waals surface area contributed by atoms with Gasteiger partial charge in [-0.05, 0) is 59.2 Å². The van der Waals surface area contributed by atoms with E-state index in [-0.39, 0.29) is 35.8 Å². The smallest absolute Gasteiger partial charge is 0.407 e. The van der Waals surface area contributed by atoms with Gasteiger partial charge >= 0.3 is 6.09 Å². The lowest BCUT2D eigenvalue weighted by atomic mass is 10.1. The van der Waals surface area contributed by atoms with Gasteiger partial charge in [0.05, 0.1) is 11.5 Å². The van der Waals surface area contributed by atoms with E-state index < -0.39 is 16.6 Å². The predicted molar refractivity (Wildman–Crippen MR) is 131 cm³/mol. The Balaban J connectivity index is 1.95. The monoisotopic (exact) mass is 476 g/mol. The molecule has 2 rings (SSSR count). The average molecular weight is 477 g/mol. The van der Waals surface area contributed by atoms with Gasteiger partial charge in [-0.2, -0.15) is 0 Å². The molecule has 0 spiro atoms. The second-order valence-corrected chi connectivity index (χ2v) is 9.13. The highest BCUT2D eigenvalue weighted by molar-refractivity contribution is 5.83. The molecular weight excluding hydrogens is 440 g/mol. The van der Waals surface area contributed by atoms with Crippen LogP contribution in [0, 0.1) is 10.1 Å². The molecule has 10 heteroatoms. The number of nitro benzene ring substituents is 1. The number of anilines is 1. The number of carbonyl (C=O) groups is 2. The van der Waals surface area contributed by atoms with E-state index in [4.69, 9.17) is 9.47 Å². The van der Waals surface area contributed by atoms with E-state index in [0.29, 0.717) is 12.9 Å². The van der Waals surface area contributed by atoms with Gasteiger partial charge < -0.3 is 25.0 Å². The van der Waals surface area contributed by atoms with Crippen molar-refractivity contribution in [3.63, 3.8) is 0 Å². The van der Waals surface area contributed by atoms with Gasteiger partial charge in [0.25, 0.3) is 5.69 Å². The van der Waals surface area contributed by atoms with Crippen LogP contribution in [0.2, 0.25) is 0 Å². The Labute approximate surface area is 200 Å². The number of aldehydes is 1. The van der Waals surface area contributed by atoms with Gasteiger partial charge in [-0.25, -0.2) is 4.79 Å². The quantitative estimate of drug-likeness (QED) is 0.152. The number of hydrogen-bond acceptors (Lipinski definition) is 8. The first-order valence-electron chi connectivity index (χ1n) is 11.7. The fourth-order valence-corrected chi connectivity index (χ4v) is 3.56. The lowest BCUT2D eigenvalue weighted by molar-refractivity contribution is -0.384. The lowest BCUT2D eigenvalue weighted by Crippen LogP contribution is -2.32. The fraction of sp³-hybridized carbons (Fsp3) is 0.583. The third-order valence-corrected chi connectivity index (χ3v) is 5.09. The topological polar surface area (TPSA) is 123 Å². The minimum absolute atomic E-state index is 0.181. The average Bonchev–Trinajstić information content (AvgIpc) is 2.78. The number of hydrogen-bond donors (Lipinski definition) is 2. The third kappa shape index (κ3) is 9.78. The molecule has 0 unspecified atom stereocenters. The summed E-state index contributed by atoms with van der Waals surface area (Å²) in [6.45, 7) is 9.34.